The first kappa shape index (κ1) is 20.8. The maximum atomic E-state index is 5.48. The molecule has 0 saturated heterocycles. The molecule has 7 heteroatoms. The number of thioether (sulfide) groups is 1. The summed E-state index contributed by atoms with van der Waals surface area (Å²) in [5, 5.41) is 13.4. The van der Waals surface area contributed by atoms with E-state index in [1.165, 1.54) is 11.1 Å². The molecule has 6 nitrogen and oxygen atoms in total. The predicted molar refractivity (Wildman–Crippen MR) is 120 cm³/mol. The maximum Gasteiger partial charge on any atom is 0.191 e. The lowest BCUT2D eigenvalue weighted by molar-refractivity contribution is 0.354. The summed E-state index contributed by atoms with van der Waals surface area (Å²) in [5.41, 5.74) is 3.78. The van der Waals surface area contributed by atoms with Gasteiger partial charge in [0.05, 0.1) is 14.2 Å². The van der Waals surface area contributed by atoms with Gasteiger partial charge < -0.3 is 19.4 Å². The van der Waals surface area contributed by atoms with Crippen molar-refractivity contribution in [3.8, 4) is 22.9 Å². The highest BCUT2D eigenvalue weighted by molar-refractivity contribution is 7.99. The van der Waals surface area contributed by atoms with Gasteiger partial charge in [-0.05, 0) is 49.1 Å². The van der Waals surface area contributed by atoms with E-state index >= 15 is 0 Å². The Hall–Kier alpha value is -2.51. The Morgan fingerprint density at radius 3 is 2.63 bits per heavy atom. The van der Waals surface area contributed by atoms with Crippen LogP contribution in [0.3, 0.4) is 0 Å². The molecular formula is C23H28N4O2S. The number of benzene rings is 2. The molecule has 0 fully saturated rings. The minimum absolute atomic E-state index is 0.379. The van der Waals surface area contributed by atoms with E-state index in [9.17, 15) is 0 Å². The third-order valence-corrected chi connectivity index (χ3v) is 6.64. The number of hydrogen-bond acceptors (Lipinski definition) is 6. The third kappa shape index (κ3) is 4.32. The average Bonchev–Trinajstić information content (AvgIpc) is 3.36. The number of fused-ring (bicyclic) bond motifs is 1. The van der Waals surface area contributed by atoms with E-state index in [1.54, 1.807) is 26.0 Å². The summed E-state index contributed by atoms with van der Waals surface area (Å²) in [7, 11) is 5.40. The monoisotopic (exact) mass is 424 g/mol. The second-order valence-corrected chi connectivity index (χ2v) is 8.45. The van der Waals surface area contributed by atoms with Crippen molar-refractivity contribution in [2.24, 2.45) is 7.05 Å². The highest BCUT2D eigenvalue weighted by Crippen LogP contribution is 2.39. The van der Waals surface area contributed by atoms with E-state index in [0.29, 0.717) is 6.04 Å². The number of nitrogens with zero attached hydrogens (tertiary/aromatic N) is 3. The Bertz CT molecular complexity index is 990. The van der Waals surface area contributed by atoms with E-state index in [0.717, 1.165) is 59.6 Å². The Morgan fingerprint density at radius 2 is 1.87 bits per heavy atom. The summed E-state index contributed by atoms with van der Waals surface area (Å²) in [4.78, 5) is 0. The normalized spacial score (nSPS) is 15.2. The molecule has 30 heavy (non-hydrogen) atoms. The van der Waals surface area contributed by atoms with Gasteiger partial charge in [0.25, 0.3) is 0 Å². The molecule has 0 saturated carbocycles. The molecule has 1 aromatic heterocycles. The van der Waals surface area contributed by atoms with Crippen molar-refractivity contribution >= 4 is 11.8 Å². The van der Waals surface area contributed by atoms with Crippen molar-refractivity contribution in [2.75, 3.05) is 26.5 Å². The van der Waals surface area contributed by atoms with Crippen LogP contribution in [0.1, 0.15) is 30.0 Å². The molecule has 0 bridgehead atoms. The molecule has 2 aromatic carbocycles. The van der Waals surface area contributed by atoms with Gasteiger partial charge in [0.15, 0.2) is 22.5 Å². The van der Waals surface area contributed by atoms with E-state index in [4.69, 9.17) is 9.47 Å². The zero-order valence-corrected chi connectivity index (χ0v) is 18.5. The van der Waals surface area contributed by atoms with Crippen molar-refractivity contribution in [3.05, 3.63) is 53.6 Å². The molecule has 158 valence electrons. The summed E-state index contributed by atoms with van der Waals surface area (Å²) in [6.07, 6.45) is 3.25. The largest absolute Gasteiger partial charge is 0.493 e. The fourth-order valence-corrected chi connectivity index (χ4v) is 4.79. The van der Waals surface area contributed by atoms with E-state index < -0.39 is 0 Å². The molecule has 1 aliphatic rings. The molecule has 4 rings (SSSR count). The maximum absolute atomic E-state index is 5.48. The van der Waals surface area contributed by atoms with E-state index in [-0.39, 0.29) is 0 Å². The topological polar surface area (TPSA) is 61.2 Å². The number of aryl methyl sites for hydroxylation is 1. The summed E-state index contributed by atoms with van der Waals surface area (Å²) < 4.78 is 13.0. The van der Waals surface area contributed by atoms with Gasteiger partial charge in [-0.3, -0.25) is 0 Å². The second kappa shape index (κ2) is 9.53. The van der Waals surface area contributed by atoms with Gasteiger partial charge in [0.1, 0.15) is 0 Å². The standard InChI is InChI=1S/C23H28N4O2S/c1-27-22(16-8-5-4-6-9-16)25-26-23(27)30-13-7-12-24-19-11-10-17-14-20(28-2)21(29-3)15-18(17)19/h4-6,8-9,14-15,19,24H,7,10-13H2,1-3H3. The molecule has 0 radical (unpaired) electrons. The predicted octanol–water partition coefficient (Wildman–Crippen LogP) is 4.26. The third-order valence-electron chi connectivity index (χ3n) is 5.53. The zero-order valence-electron chi connectivity index (χ0n) is 17.7. The van der Waals surface area contributed by atoms with E-state index in [2.05, 4.69) is 44.3 Å². The molecule has 1 atom stereocenters. The summed E-state index contributed by atoms with van der Waals surface area (Å²) >= 11 is 1.75. The van der Waals surface area contributed by atoms with Crippen LogP contribution < -0.4 is 14.8 Å². The molecule has 0 amide bonds. The van der Waals surface area contributed by atoms with Gasteiger partial charge in [-0.15, -0.1) is 10.2 Å². The molecule has 0 aliphatic heterocycles. The van der Waals surface area contributed by atoms with Gasteiger partial charge in [0, 0.05) is 24.4 Å². The smallest absolute Gasteiger partial charge is 0.191 e. The van der Waals surface area contributed by atoms with Crippen molar-refractivity contribution in [1.29, 1.82) is 0 Å². The first-order valence-corrected chi connectivity index (χ1v) is 11.3. The lowest BCUT2D eigenvalue weighted by atomic mass is 10.1. The van der Waals surface area contributed by atoms with Crippen LogP contribution >= 0.6 is 11.8 Å². The highest BCUT2D eigenvalue weighted by Gasteiger charge is 2.24. The summed E-state index contributed by atoms with van der Waals surface area (Å²) in [6, 6.07) is 14.8. The number of rotatable bonds is 9. The van der Waals surface area contributed by atoms with Crippen LogP contribution in [0.15, 0.2) is 47.6 Å². The molecule has 0 spiro atoms. The Labute approximate surface area is 182 Å². The quantitative estimate of drug-likeness (QED) is 0.409. The van der Waals surface area contributed by atoms with Crippen molar-refractivity contribution in [1.82, 2.24) is 20.1 Å². The summed E-state index contributed by atoms with van der Waals surface area (Å²) in [5.74, 6) is 3.52. The second-order valence-electron chi connectivity index (χ2n) is 7.38. The van der Waals surface area contributed by atoms with Crippen molar-refractivity contribution in [3.63, 3.8) is 0 Å². The zero-order chi connectivity index (χ0) is 20.9. The first-order chi connectivity index (χ1) is 14.7. The fraction of sp³-hybridized carbons (Fsp3) is 0.391. The van der Waals surface area contributed by atoms with Crippen LogP contribution in [-0.2, 0) is 13.5 Å². The summed E-state index contributed by atoms with van der Waals surface area (Å²) in [6.45, 7) is 0.967. The molecule has 1 aliphatic carbocycles. The highest BCUT2D eigenvalue weighted by atomic mass is 32.2. The SMILES string of the molecule is COc1cc2c(cc1OC)C(NCCCSc1nnc(-c3ccccc3)n1C)CC2. The fourth-order valence-electron chi connectivity index (χ4n) is 3.94. The Kier molecular flexibility index (Phi) is 6.59. The minimum atomic E-state index is 0.379. The van der Waals surface area contributed by atoms with Gasteiger partial charge in [-0.25, -0.2) is 0 Å². The van der Waals surface area contributed by atoms with Crippen LogP contribution in [0, 0.1) is 0 Å². The number of aromatic nitrogens is 3. The van der Waals surface area contributed by atoms with Crippen molar-refractivity contribution < 1.29 is 9.47 Å². The lowest BCUT2D eigenvalue weighted by Crippen LogP contribution is -2.21. The van der Waals surface area contributed by atoms with Crippen LogP contribution in [0.5, 0.6) is 11.5 Å². The van der Waals surface area contributed by atoms with Gasteiger partial charge in [0.2, 0.25) is 0 Å². The lowest BCUT2D eigenvalue weighted by Gasteiger charge is -2.16. The van der Waals surface area contributed by atoms with Crippen LogP contribution in [0.25, 0.3) is 11.4 Å². The minimum Gasteiger partial charge on any atom is -0.493 e. The Balaban J connectivity index is 1.28. The Morgan fingerprint density at radius 1 is 1.10 bits per heavy atom. The number of hydrogen-bond donors (Lipinski definition) is 1. The molecule has 1 unspecified atom stereocenters. The van der Waals surface area contributed by atoms with Crippen LogP contribution in [0.2, 0.25) is 0 Å². The van der Waals surface area contributed by atoms with Gasteiger partial charge in [-0.2, -0.15) is 0 Å². The van der Waals surface area contributed by atoms with E-state index in [1.807, 2.05) is 25.2 Å². The van der Waals surface area contributed by atoms with Crippen LogP contribution in [0.4, 0.5) is 0 Å². The van der Waals surface area contributed by atoms with Crippen molar-refractivity contribution in [2.45, 2.75) is 30.5 Å². The first-order valence-electron chi connectivity index (χ1n) is 10.3. The average molecular weight is 425 g/mol. The van der Waals surface area contributed by atoms with Gasteiger partial charge in [-0.1, -0.05) is 42.1 Å². The molecule has 3 aromatic rings. The number of ether oxygens (including phenoxy) is 2. The molecular weight excluding hydrogens is 396 g/mol. The van der Waals surface area contributed by atoms with Crippen LogP contribution in [-0.4, -0.2) is 41.3 Å². The van der Waals surface area contributed by atoms with Gasteiger partial charge >= 0.3 is 0 Å². The molecule has 1 heterocycles. The number of methoxy groups -OCH3 is 2. The molecule has 1 N–H and O–H groups in total. The number of nitrogens with one attached hydrogen (secondary N) is 1.